The first kappa shape index (κ1) is 19.3. The maximum absolute atomic E-state index is 14.1. The van der Waals surface area contributed by atoms with Gasteiger partial charge in [0.05, 0.1) is 24.3 Å². The third-order valence-corrected chi connectivity index (χ3v) is 4.68. The van der Waals surface area contributed by atoms with E-state index in [0.717, 1.165) is 36.3 Å². The number of pyridine rings is 1. The van der Waals surface area contributed by atoms with E-state index in [1.54, 1.807) is 7.05 Å². The van der Waals surface area contributed by atoms with Crippen LogP contribution in [0, 0.1) is 18.3 Å². The molecule has 0 aliphatic carbocycles. The number of nitrogens with zero attached hydrogens (tertiary/aromatic N) is 4. The number of anilines is 2. The number of amides is 1. The van der Waals surface area contributed by atoms with Crippen LogP contribution in [0.3, 0.4) is 0 Å². The van der Waals surface area contributed by atoms with E-state index in [0.29, 0.717) is 24.5 Å². The Morgan fingerprint density at radius 1 is 1.37 bits per heavy atom. The van der Waals surface area contributed by atoms with Gasteiger partial charge in [-0.15, -0.1) is 0 Å². The van der Waals surface area contributed by atoms with Gasteiger partial charge in [0.15, 0.2) is 0 Å². The van der Waals surface area contributed by atoms with E-state index in [1.807, 2.05) is 33.8 Å². The van der Waals surface area contributed by atoms with Crippen molar-refractivity contribution in [2.75, 3.05) is 16.8 Å². The predicted molar refractivity (Wildman–Crippen MR) is 104 cm³/mol. The van der Waals surface area contributed by atoms with Crippen molar-refractivity contribution < 1.29 is 9.18 Å². The van der Waals surface area contributed by atoms with Crippen LogP contribution in [0.2, 0.25) is 0 Å². The van der Waals surface area contributed by atoms with Gasteiger partial charge in [-0.1, -0.05) is 20.8 Å². The van der Waals surface area contributed by atoms with Gasteiger partial charge in [-0.05, 0) is 36.8 Å². The number of carbonyl (C=O) groups excluding carboxylic acids is 1. The molecular formula is C20H28FN5O. The number of hydrogen-bond acceptors (Lipinski definition) is 4. The SMILES string of the molecule is Cc1cc2c(nc1NC(=O)CC(C)(C)C)CCCN2Cc1ncn(C)c1F. The molecular weight excluding hydrogens is 345 g/mol. The summed E-state index contributed by atoms with van der Waals surface area (Å²) in [5.41, 5.74) is 3.21. The van der Waals surface area contributed by atoms with Gasteiger partial charge >= 0.3 is 0 Å². The summed E-state index contributed by atoms with van der Waals surface area (Å²) in [6.45, 7) is 9.29. The first-order chi connectivity index (χ1) is 12.6. The third-order valence-electron chi connectivity index (χ3n) is 4.68. The Morgan fingerprint density at radius 2 is 2.11 bits per heavy atom. The third kappa shape index (κ3) is 4.46. The van der Waals surface area contributed by atoms with E-state index < -0.39 is 0 Å². The maximum atomic E-state index is 14.1. The highest BCUT2D eigenvalue weighted by molar-refractivity contribution is 5.91. The number of imidazole rings is 1. The van der Waals surface area contributed by atoms with Crippen LogP contribution in [0.25, 0.3) is 0 Å². The van der Waals surface area contributed by atoms with Crippen molar-refractivity contribution in [1.82, 2.24) is 14.5 Å². The van der Waals surface area contributed by atoms with Crippen molar-refractivity contribution in [3.8, 4) is 0 Å². The highest BCUT2D eigenvalue weighted by Crippen LogP contribution is 2.31. The smallest absolute Gasteiger partial charge is 0.226 e. The van der Waals surface area contributed by atoms with Crippen LogP contribution in [0.4, 0.5) is 15.9 Å². The van der Waals surface area contributed by atoms with Gasteiger partial charge in [0.2, 0.25) is 11.9 Å². The number of aromatic nitrogens is 3. The van der Waals surface area contributed by atoms with E-state index in [4.69, 9.17) is 4.98 Å². The molecule has 0 aromatic carbocycles. The van der Waals surface area contributed by atoms with Crippen LogP contribution in [0.1, 0.15) is 50.6 Å². The molecule has 0 radical (unpaired) electrons. The molecule has 0 fully saturated rings. The molecule has 1 aliphatic rings. The zero-order valence-corrected chi connectivity index (χ0v) is 16.8. The number of fused-ring (bicyclic) bond motifs is 1. The fourth-order valence-corrected chi connectivity index (χ4v) is 3.35. The lowest BCUT2D eigenvalue weighted by molar-refractivity contribution is -0.117. The molecule has 2 aromatic rings. The maximum Gasteiger partial charge on any atom is 0.226 e. The molecule has 1 aliphatic heterocycles. The van der Waals surface area contributed by atoms with Gasteiger partial charge in [0, 0.05) is 20.0 Å². The largest absolute Gasteiger partial charge is 0.364 e. The number of halogens is 1. The number of rotatable bonds is 4. The van der Waals surface area contributed by atoms with Gasteiger partial charge in [-0.2, -0.15) is 4.39 Å². The van der Waals surface area contributed by atoms with Crippen molar-refractivity contribution in [1.29, 1.82) is 0 Å². The minimum atomic E-state index is -0.308. The lowest BCUT2D eigenvalue weighted by Gasteiger charge is -2.31. The van der Waals surface area contributed by atoms with Crippen LogP contribution >= 0.6 is 0 Å². The van der Waals surface area contributed by atoms with Crippen molar-refractivity contribution in [2.45, 2.75) is 53.5 Å². The highest BCUT2D eigenvalue weighted by Gasteiger charge is 2.23. The summed E-state index contributed by atoms with van der Waals surface area (Å²) in [5, 5.41) is 2.95. The monoisotopic (exact) mass is 373 g/mol. The Labute approximate surface area is 159 Å². The normalized spacial score (nSPS) is 14.2. The summed E-state index contributed by atoms with van der Waals surface area (Å²) < 4.78 is 15.5. The fraction of sp³-hybridized carbons (Fsp3) is 0.550. The molecule has 146 valence electrons. The molecule has 3 rings (SSSR count). The van der Waals surface area contributed by atoms with E-state index in [9.17, 15) is 9.18 Å². The molecule has 0 unspecified atom stereocenters. The molecule has 1 amide bonds. The van der Waals surface area contributed by atoms with Gasteiger partial charge in [0.25, 0.3) is 0 Å². The number of aryl methyl sites for hydroxylation is 3. The average Bonchev–Trinajstić information content (AvgIpc) is 2.86. The van der Waals surface area contributed by atoms with E-state index in [1.165, 1.54) is 10.9 Å². The molecule has 2 aromatic heterocycles. The summed E-state index contributed by atoms with van der Waals surface area (Å²) in [7, 11) is 1.65. The molecule has 0 saturated heterocycles. The Morgan fingerprint density at radius 3 is 2.74 bits per heavy atom. The van der Waals surface area contributed by atoms with Gasteiger partial charge in [0.1, 0.15) is 11.5 Å². The van der Waals surface area contributed by atoms with Crippen LogP contribution in [-0.4, -0.2) is 27.0 Å². The van der Waals surface area contributed by atoms with Crippen LogP contribution in [-0.2, 0) is 24.8 Å². The first-order valence-corrected chi connectivity index (χ1v) is 9.35. The molecule has 0 spiro atoms. The molecule has 0 saturated carbocycles. The number of carbonyl (C=O) groups is 1. The highest BCUT2D eigenvalue weighted by atomic mass is 19.1. The second-order valence-corrected chi connectivity index (χ2v) is 8.52. The molecule has 0 bridgehead atoms. The summed E-state index contributed by atoms with van der Waals surface area (Å²) in [6, 6.07) is 2.04. The molecule has 0 atom stereocenters. The Hall–Kier alpha value is -2.44. The Kier molecular flexibility index (Phi) is 5.22. The fourth-order valence-electron chi connectivity index (χ4n) is 3.35. The summed E-state index contributed by atoms with van der Waals surface area (Å²) in [5.74, 6) is 0.285. The van der Waals surface area contributed by atoms with Gasteiger partial charge < -0.3 is 14.8 Å². The lowest BCUT2D eigenvalue weighted by Crippen LogP contribution is -2.30. The topological polar surface area (TPSA) is 63.1 Å². The zero-order chi connectivity index (χ0) is 19.8. The van der Waals surface area contributed by atoms with E-state index in [-0.39, 0.29) is 17.3 Å². The molecule has 3 heterocycles. The average molecular weight is 373 g/mol. The first-order valence-electron chi connectivity index (χ1n) is 9.35. The molecule has 7 heteroatoms. The van der Waals surface area contributed by atoms with Crippen molar-refractivity contribution in [3.63, 3.8) is 0 Å². The summed E-state index contributed by atoms with van der Waals surface area (Å²) in [4.78, 5) is 23.3. The minimum absolute atomic E-state index is 0.0266. The Bertz CT molecular complexity index is 853. The lowest BCUT2D eigenvalue weighted by atomic mass is 9.92. The quantitative estimate of drug-likeness (QED) is 0.890. The van der Waals surface area contributed by atoms with Crippen molar-refractivity contribution in [2.24, 2.45) is 12.5 Å². The Balaban J connectivity index is 1.82. The molecule has 27 heavy (non-hydrogen) atoms. The van der Waals surface area contributed by atoms with Crippen molar-refractivity contribution >= 4 is 17.4 Å². The number of nitrogens with one attached hydrogen (secondary N) is 1. The van der Waals surface area contributed by atoms with Crippen LogP contribution in [0.5, 0.6) is 0 Å². The standard InChI is InChI=1S/C20H28FN5O/c1-13-9-16-14(23-19(13)24-17(27)10-20(2,3)4)7-6-8-26(16)11-15-18(21)25(5)12-22-15/h9,12H,6-8,10-11H2,1-5H3,(H,23,24,27). The summed E-state index contributed by atoms with van der Waals surface area (Å²) >= 11 is 0. The zero-order valence-electron chi connectivity index (χ0n) is 16.8. The second kappa shape index (κ2) is 7.29. The molecule has 6 nitrogen and oxygen atoms in total. The van der Waals surface area contributed by atoms with Crippen molar-refractivity contribution in [3.05, 3.63) is 35.3 Å². The van der Waals surface area contributed by atoms with Crippen LogP contribution in [0.15, 0.2) is 12.4 Å². The molecule has 1 N–H and O–H groups in total. The minimum Gasteiger partial charge on any atom is -0.364 e. The van der Waals surface area contributed by atoms with Crippen LogP contribution < -0.4 is 10.2 Å². The van der Waals surface area contributed by atoms with Gasteiger partial charge in [-0.3, -0.25) is 4.79 Å². The van der Waals surface area contributed by atoms with Gasteiger partial charge in [-0.25, -0.2) is 9.97 Å². The predicted octanol–water partition coefficient (Wildman–Crippen LogP) is 3.59. The number of hydrogen-bond donors (Lipinski definition) is 1. The summed E-state index contributed by atoms with van der Waals surface area (Å²) in [6.07, 6.45) is 3.72. The van der Waals surface area contributed by atoms with E-state index in [2.05, 4.69) is 15.2 Å². The second-order valence-electron chi connectivity index (χ2n) is 8.52. The van der Waals surface area contributed by atoms with E-state index >= 15 is 0 Å².